The summed E-state index contributed by atoms with van der Waals surface area (Å²) in [6, 6.07) is 4.04. The Morgan fingerprint density at radius 1 is 1.31 bits per heavy atom. The van der Waals surface area contributed by atoms with Crippen LogP contribution in [0.5, 0.6) is 0 Å². The highest BCUT2D eigenvalue weighted by Crippen LogP contribution is 1.98. The second-order valence-electron chi connectivity index (χ2n) is 3.13. The van der Waals surface area contributed by atoms with Crippen LogP contribution in [0.1, 0.15) is 5.56 Å². The number of aromatic nitrogens is 1. The van der Waals surface area contributed by atoms with Crippen molar-refractivity contribution in [3.63, 3.8) is 0 Å². The van der Waals surface area contributed by atoms with E-state index >= 15 is 0 Å². The predicted molar refractivity (Wildman–Crippen MR) is 52.5 cm³/mol. The monoisotopic (exact) mass is 180 g/mol. The van der Waals surface area contributed by atoms with Gasteiger partial charge in [0.15, 0.2) is 0 Å². The summed E-state index contributed by atoms with van der Waals surface area (Å²) in [5.74, 6) is 0. The molecule has 1 N–H and O–H groups in total. The van der Waals surface area contributed by atoms with E-state index < -0.39 is 0 Å². The zero-order valence-electron chi connectivity index (χ0n) is 7.98. The van der Waals surface area contributed by atoms with Gasteiger partial charge in [-0.3, -0.25) is 4.98 Å². The molecule has 0 unspecified atom stereocenters. The van der Waals surface area contributed by atoms with Crippen molar-refractivity contribution >= 4 is 0 Å². The predicted octanol–water partition coefficient (Wildman–Crippen LogP) is 0.548. The summed E-state index contributed by atoms with van der Waals surface area (Å²) in [7, 11) is 2.01. The quantitative estimate of drug-likeness (QED) is 0.719. The van der Waals surface area contributed by atoms with E-state index in [9.17, 15) is 0 Å². The van der Waals surface area contributed by atoms with Crippen molar-refractivity contribution in [3.8, 4) is 0 Å². The normalized spacial score (nSPS) is 10.7. The Balaban J connectivity index is 2.27. The molecule has 0 aliphatic heterocycles. The second kappa shape index (κ2) is 5.67. The molecular formula is C10H16N2O. The number of hydrogen-bond acceptors (Lipinski definition) is 3. The highest BCUT2D eigenvalue weighted by atomic mass is 16.3. The molecule has 0 aliphatic rings. The first-order valence-corrected chi connectivity index (χ1v) is 4.51. The lowest BCUT2D eigenvalue weighted by molar-refractivity contribution is 0.223. The highest BCUT2D eigenvalue weighted by molar-refractivity contribution is 5.09. The van der Waals surface area contributed by atoms with Crippen molar-refractivity contribution in [2.24, 2.45) is 0 Å². The van der Waals surface area contributed by atoms with Gasteiger partial charge in [-0.25, -0.2) is 0 Å². The lowest BCUT2D eigenvalue weighted by atomic mass is 10.2. The van der Waals surface area contributed by atoms with Crippen molar-refractivity contribution in [2.75, 3.05) is 26.7 Å². The average molecular weight is 180 g/mol. The highest BCUT2D eigenvalue weighted by Gasteiger charge is 1.97. The van der Waals surface area contributed by atoms with Gasteiger partial charge in [0.2, 0.25) is 0 Å². The molecule has 0 aromatic carbocycles. The number of rotatable bonds is 5. The Labute approximate surface area is 79.0 Å². The third-order valence-corrected chi connectivity index (χ3v) is 2.01. The molecule has 1 heterocycles. The molecule has 1 aromatic rings. The second-order valence-corrected chi connectivity index (χ2v) is 3.13. The van der Waals surface area contributed by atoms with Gasteiger partial charge >= 0.3 is 0 Å². The van der Waals surface area contributed by atoms with E-state index in [0.717, 1.165) is 19.5 Å². The molecule has 0 fully saturated rings. The first kappa shape index (κ1) is 10.2. The van der Waals surface area contributed by atoms with Crippen LogP contribution in [0.3, 0.4) is 0 Å². The summed E-state index contributed by atoms with van der Waals surface area (Å²) in [5.41, 5.74) is 1.29. The van der Waals surface area contributed by atoms with E-state index in [2.05, 4.69) is 9.88 Å². The molecule has 0 spiro atoms. The van der Waals surface area contributed by atoms with Crippen molar-refractivity contribution in [3.05, 3.63) is 30.1 Å². The number of aliphatic hydroxyl groups is 1. The van der Waals surface area contributed by atoms with Crippen molar-refractivity contribution in [1.29, 1.82) is 0 Å². The van der Waals surface area contributed by atoms with E-state index in [1.54, 1.807) is 12.4 Å². The van der Waals surface area contributed by atoms with E-state index in [4.69, 9.17) is 5.11 Å². The van der Waals surface area contributed by atoms with E-state index in [1.165, 1.54) is 5.56 Å². The zero-order valence-corrected chi connectivity index (χ0v) is 7.98. The minimum Gasteiger partial charge on any atom is -0.395 e. The fourth-order valence-corrected chi connectivity index (χ4v) is 1.15. The summed E-state index contributed by atoms with van der Waals surface area (Å²) in [6.45, 7) is 1.95. The van der Waals surface area contributed by atoms with E-state index in [-0.39, 0.29) is 6.61 Å². The average Bonchev–Trinajstić information content (AvgIpc) is 2.17. The molecule has 0 saturated heterocycles. The van der Waals surface area contributed by atoms with Crippen LogP contribution in [0.15, 0.2) is 24.5 Å². The van der Waals surface area contributed by atoms with Gasteiger partial charge in [0.1, 0.15) is 0 Å². The maximum atomic E-state index is 8.68. The molecular weight excluding hydrogens is 164 g/mol. The van der Waals surface area contributed by atoms with Crippen LogP contribution in [0, 0.1) is 0 Å². The molecule has 0 amide bonds. The van der Waals surface area contributed by atoms with Gasteiger partial charge < -0.3 is 10.0 Å². The van der Waals surface area contributed by atoms with E-state index in [1.807, 2.05) is 19.2 Å². The molecule has 0 saturated carbocycles. The molecule has 3 heteroatoms. The maximum absolute atomic E-state index is 8.68. The van der Waals surface area contributed by atoms with Crippen molar-refractivity contribution in [1.82, 2.24) is 9.88 Å². The third-order valence-electron chi connectivity index (χ3n) is 2.01. The molecule has 1 aromatic heterocycles. The Bertz CT molecular complexity index is 226. The van der Waals surface area contributed by atoms with E-state index in [0.29, 0.717) is 0 Å². The molecule has 3 nitrogen and oxygen atoms in total. The molecule has 0 atom stereocenters. The number of pyridine rings is 1. The number of nitrogens with zero attached hydrogens (tertiary/aromatic N) is 2. The number of hydrogen-bond donors (Lipinski definition) is 1. The van der Waals surface area contributed by atoms with Gasteiger partial charge in [0.05, 0.1) is 6.61 Å². The fraction of sp³-hybridized carbons (Fsp3) is 0.500. The fourth-order valence-electron chi connectivity index (χ4n) is 1.15. The first-order valence-electron chi connectivity index (χ1n) is 4.51. The van der Waals surface area contributed by atoms with Crippen molar-refractivity contribution < 1.29 is 5.11 Å². The summed E-state index contributed by atoms with van der Waals surface area (Å²) in [5, 5.41) is 8.68. The maximum Gasteiger partial charge on any atom is 0.0558 e. The lowest BCUT2D eigenvalue weighted by Crippen LogP contribution is -2.24. The Morgan fingerprint density at radius 3 is 2.62 bits per heavy atom. The van der Waals surface area contributed by atoms with Gasteiger partial charge in [-0.2, -0.15) is 0 Å². The largest absolute Gasteiger partial charge is 0.395 e. The molecule has 1 rings (SSSR count). The Kier molecular flexibility index (Phi) is 4.43. The van der Waals surface area contributed by atoms with Crippen LogP contribution in [-0.4, -0.2) is 41.7 Å². The van der Waals surface area contributed by atoms with Gasteiger partial charge in [-0.1, -0.05) is 0 Å². The Morgan fingerprint density at radius 2 is 2.00 bits per heavy atom. The molecule has 0 bridgehead atoms. The van der Waals surface area contributed by atoms with Crippen LogP contribution < -0.4 is 0 Å². The molecule has 0 radical (unpaired) electrons. The van der Waals surface area contributed by atoms with Crippen LogP contribution >= 0.6 is 0 Å². The summed E-state index contributed by atoms with van der Waals surface area (Å²) < 4.78 is 0. The number of aliphatic hydroxyl groups excluding tert-OH is 1. The van der Waals surface area contributed by atoms with Crippen LogP contribution in [0.2, 0.25) is 0 Å². The SMILES string of the molecule is CN(CCO)CCc1ccncc1. The van der Waals surface area contributed by atoms with Crippen molar-refractivity contribution in [2.45, 2.75) is 6.42 Å². The standard InChI is InChI=1S/C10H16N2O/c1-12(8-9-13)7-4-10-2-5-11-6-3-10/h2-3,5-6,13H,4,7-9H2,1H3. The van der Waals surface area contributed by atoms with Gasteiger partial charge in [0.25, 0.3) is 0 Å². The first-order chi connectivity index (χ1) is 6.33. The number of likely N-dealkylation sites (N-methyl/N-ethyl adjacent to an activating group) is 1. The lowest BCUT2D eigenvalue weighted by Gasteiger charge is -2.14. The molecule has 72 valence electrons. The van der Waals surface area contributed by atoms with Gasteiger partial charge in [-0.05, 0) is 31.2 Å². The summed E-state index contributed by atoms with van der Waals surface area (Å²) >= 11 is 0. The molecule has 0 aliphatic carbocycles. The Hall–Kier alpha value is -0.930. The van der Waals surface area contributed by atoms with Crippen LogP contribution in [0.25, 0.3) is 0 Å². The minimum absolute atomic E-state index is 0.229. The van der Waals surface area contributed by atoms with Gasteiger partial charge in [0, 0.05) is 25.5 Å². The molecule has 13 heavy (non-hydrogen) atoms. The third kappa shape index (κ3) is 4.01. The smallest absolute Gasteiger partial charge is 0.0558 e. The summed E-state index contributed by atoms with van der Waals surface area (Å²) in [6.07, 6.45) is 4.63. The van der Waals surface area contributed by atoms with Crippen LogP contribution in [-0.2, 0) is 6.42 Å². The van der Waals surface area contributed by atoms with Gasteiger partial charge in [-0.15, -0.1) is 0 Å². The minimum atomic E-state index is 0.229. The zero-order chi connectivity index (χ0) is 9.52. The van der Waals surface area contributed by atoms with Crippen LogP contribution in [0.4, 0.5) is 0 Å². The topological polar surface area (TPSA) is 36.4 Å². The summed E-state index contributed by atoms with van der Waals surface area (Å²) in [4.78, 5) is 6.07.